The molecule has 1 saturated heterocycles. The molecule has 14 heteroatoms. The van der Waals surface area contributed by atoms with Crippen LogP contribution in [0.25, 0.3) is 0 Å². The number of carboxylic acid groups (broad SMARTS) is 2. The van der Waals surface area contributed by atoms with Gasteiger partial charge in [0.15, 0.2) is 23.1 Å². The second-order valence-electron chi connectivity index (χ2n) is 9.23. The Morgan fingerprint density at radius 2 is 1.64 bits per heavy atom. The normalized spacial score (nSPS) is 18.1. The summed E-state index contributed by atoms with van der Waals surface area (Å²) in [6.45, 7) is -0.493. The zero-order chi connectivity index (χ0) is 28.6. The fraction of sp³-hybridized carbons (Fsp3) is 0.320. The number of aliphatic carboxylic acids is 2. The molecular weight excluding hydrogens is 536 g/mol. The Kier molecular flexibility index (Phi) is 7.44. The van der Waals surface area contributed by atoms with Gasteiger partial charge in [0.2, 0.25) is 15.9 Å². The van der Waals surface area contributed by atoms with E-state index in [4.69, 9.17) is 5.11 Å². The second-order valence-corrected chi connectivity index (χ2v) is 11.1. The molecule has 5 N–H and O–H groups in total. The van der Waals surface area contributed by atoms with Crippen LogP contribution in [-0.2, 0) is 24.4 Å². The van der Waals surface area contributed by atoms with E-state index in [2.05, 4.69) is 5.32 Å². The summed E-state index contributed by atoms with van der Waals surface area (Å²) in [5.41, 5.74) is -0.920. The van der Waals surface area contributed by atoms with Gasteiger partial charge < -0.3 is 25.7 Å². The smallest absolute Gasteiger partial charge is 0.326 e. The van der Waals surface area contributed by atoms with E-state index in [0.29, 0.717) is 0 Å². The molecule has 1 aliphatic carbocycles. The molecule has 1 amide bonds. The van der Waals surface area contributed by atoms with E-state index in [-0.39, 0.29) is 36.9 Å². The van der Waals surface area contributed by atoms with Crippen LogP contribution in [0, 0.1) is 5.92 Å². The molecule has 0 bridgehead atoms. The Balaban J connectivity index is 1.62. The molecule has 0 aromatic heterocycles. The Labute approximate surface area is 221 Å². The maximum absolute atomic E-state index is 13.5. The molecule has 1 unspecified atom stereocenters. The maximum atomic E-state index is 13.5. The van der Waals surface area contributed by atoms with Crippen molar-refractivity contribution in [1.29, 1.82) is 0 Å². The van der Waals surface area contributed by atoms with Crippen LogP contribution in [0.5, 0.6) is 11.5 Å². The first kappa shape index (κ1) is 27.7. The minimum Gasteiger partial charge on any atom is -0.504 e. The highest BCUT2D eigenvalue weighted by Crippen LogP contribution is 2.43. The molecule has 4 rings (SSSR count). The molecule has 1 heterocycles. The summed E-state index contributed by atoms with van der Waals surface area (Å²) in [6, 6.07) is 5.11. The quantitative estimate of drug-likeness (QED) is 0.242. The van der Waals surface area contributed by atoms with Gasteiger partial charge in [0.1, 0.15) is 10.9 Å². The predicted molar refractivity (Wildman–Crippen MR) is 131 cm³/mol. The number of aromatic hydroxyl groups is 2. The number of hydrogen-bond acceptors (Lipinski definition) is 9. The van der Waals surface area contributed by atoms with Crippen LogP contribution in [0.4, 0.5) is 0 Å². The highest BCUT2D eigenvalue weighted by molar-refractivity contribution is 7.89. The van der Waals surface area contributed by atoms with E-state index in [1.54, 1.807) is 0 Å². The molecule has 2 aliphatic rings. The Morgan fingerprint density at radius 3 is 2.26 bits per heavy atom. The second kappa shape index (κ2) is 10.5. The molecular formula is C25H24N2O11S. The first-order valence-corrected chi connectivity index (χ1v) is 13.3. The van der Waals surface area contributed by atoms with Gasteiger partial charge in [-0.05, 0) is 25.3 Å². The number of sulfonamides is 1. The maximum Gasteiger partial charge on any atom is 0.326 e. The van der Waals surface area contributed by atoms with Gasteiger partial charge in [-0.1, -0.05) is 24.3 Å². The summed E-state index contributed by atoms with van der Waals surface area (Å²) >= 11 is 0. The lowest BCUT2D eigenvalue weighted by molar-refractivity contribution is -0.143. The van der Waals surface area contributed by atoms with Crippen LogP contribution in [-0.4, -0.2) is 81.7 Å². The van der Waals surface area contributed by atoms with Crippen molar-refractivity contribution in [3.05, 3.63) is 52.6 Å². The van der Waals surface area contributed by atoms with Crippen LogP contribution in [0.2, 0.25) is 0 Å². The first-order chi connectivity index (χ1) is 18.3. The van der Waals surface area contributed by atoms with Crippen LogP contribution in [0.15, 0.2) is 35.2 Å². The van der Waals surface area contributed by atoms with Gasteiger partial charge in [-0.25, -0.2) is 13.2 Å². The Hall–Kier alpha value is -4.30. The van der Waals surface area contributed by atoms with Crippen molar-refractivity contribution >= 4 is 39.4 Å². The predicted octanol–water partition coefficient (Wildman–Crippen LogP) is 0.708. The number of ketones is 2. The van der Waals surface area contributed by atoms with Crippen LogP contribution in [0.3, 0.4) is 0 Å². The molecule has 1 fully saturated rings. The van der Waals surface area contributed by atoms with Gasteiger partial charge in [0, 0.05) is 36.2 Å². The topological polar surface area (TPSA) is 216 Å². The van der Waals surface area contributed by atoms with E-state index >= 15 is 0 Å². The third-order valence-corrected chi connectivity index (χ3v) is 8.64. The first-order valence-electron chi connectivity index (χ1n) is 11.9. The van der Waals surface area contributed by atoms with Gasteiger partial charge in [-0.2, -0.15) is 4.31 Å². The van der Waals surface area contributed by atoms with Crippen molar-refractivity contribution in [2.45, 2.75) is 36.6 Å². The fourth-order valence-electron chi connectivity index (χ4n) is 4.73. The minimum atomic E-state index is -4.61. The van der Waals surface area contributed by atoms with Crippen molar-refractivity contribution in [2.24, 2.45) is 5.92 Å². The van der Waals surface area contributed by atoms with Crippen LogP contribution < -0.4 is 5.32 Å². The highest BCUT2D eigenvalue weighted by Gasteiger charge is 2.40. The van der Waals surface area contributed by atoms with Crippen molar-refractivity contribution in [1.82, 2.24) is 9.62 Å². The highest BCUT2D eigenvalue weighted by atomic mass is 32.2. The van der Waals surface area contributed by atoms with Gasteiger partial charge in [0.05, 0.1) is 11.5 Å². The Bertz CT molecular complexity index is 1520. The largest absolute Gasteiger partial charge is 0.504 e. The number of carbonyl (C=O) groups excluding carboxylic acids is 3. The number of nitrogens with zero attached hydrogens (tertiary/aromatic N) is 1. The summed E-state index contributed by atoms with van der Waals surface area (Å²) in [6.07, 6.45) is -0.487. The number of phenolic OH excluding ortho intramolecular Hbond substituents is 2. The number of carboxylic acids is 2. The number of rotatable bonds is 8. The molecule has 206 valence electrons. The monoisotopic (exact) mass is 560 g/mol. The number of hydrogen-bond donors (Lipinski definition) is 5. The van der Waals surface area contributed by atoms with Crippen LogP contribution >= 0.6 is 0 Å². The number of amides is 1. The third kappa shape index (κ3) is 5.07. The molecule has 13 nitrogen and oxygen atoms in total. The molecule has 0 spiro atoms. The van der Waals surface area contributed by atoms with Gasteiger partial charge in [-0.15, -0.1) is 0 Å². The van der Waals surface area contributed by atoms with Crippen molar-refractivity contribution in [3.63, 3.8) is 0 Å². The van der Waals surface area contributed by atoms with E-state index in [9.17, 15) is 47.7 Å². The third-order valence-electron chi connectivity index (χ3n) is 6.76. The molecule has 0 radical (unpaired) electrons. The van der Waals surface area contributed by atoms with E-state index in [1.807, 2.05) is 0 Å². The molecule has 2 atom stereocenters. The molecule has 0 saturated carbocycles. The minimum absolute atomic E-state index is 0.00629. The molecule has 2 aromatic carbocycles. The van der Waals surface area contributed by atoms with Crippen molar-refractivity contribution in [3.8, 4) is 11.5 Å². The Morgan fingerprint density at radius 1 is 1.00 bits per heavy atom. The average Bonchev–Trinajstić information content (AvgIpc) is 2.90. The molecule has 39 heavy (non-hydrogen) atoms. The zero-order valence-corrected chi connectivity index (χ0v) is 21.1. The molecule has 2 aromatic rings. The molecule has 1 aliphatic heterocycles. The fourth-order valence-corrected chi connectivity index (χ4v) is 6.36. The summed E-state index contributed by atoms with van der Waals surface area (Å²) in [5, 5.41) is 41.6. The van der Waals surface area contributed by atoms with Crippen LogP contribution in [0.1, 0.15) is 57.5 Å². The standard InChI is InChI=1S/C25H24N2O11S/c28-18(29)8-7-16(25(35)36)26-24(34)12-4-3-9-27(11-12)39(37,38)17-10-15-19(23(33)22(17)32)21(31)14-6-2-1-5-13(14)20(15)30/h1-2,5-6,10,12,16,32-33H,3-4,7-9,11H2,(H,26,34)(H,28,29)(H,35,36)/t12?,16-/m0/s1. The lowest BCUT2D eigenvalue weighted by Gasteiger charge is -2.32. The zero-order valence-electron chi connectivity index (χ0n) is 20.3. The van der Waals surface area contributed by atoms with Gasteiger partial charge in [-0.3, -0.25) is 19.2 Å². The summed E-state index contributed by atoms with van der Waals surface area (Å²) in [4.78, 5) is 60.2. The number of benzene rings is 2. The van der Waals surface area contributed by atoms with E-state index < -0.39 is 91.9 Å². The van der Waals surface area contributed by atoms with E-state index in [0.717, 1.165) is 10.4 Å². The number of piperidine rings is 1. The SMILES string of the molecule is O=C(O)CC[C@H](NC(=O)C1CCCN(S(=O)(=O)c2cc3c(c(O)c2O)C(=O)c2ccccc2C3=O)C1)C(=O)O. The lowest BCUT2D eigenvalue weighted by Crippen LogP contribution is -2.49. The van der Waals surface area contributed by atoms with Crippen molar-refractivity contribution < 1.29 is 52.8 Å². The average molecular weight is 561 g/mol. The van der Waals surface area contributed by atoms with Gasteiger partial charge in [0.25, 0.3) is 0 Å². The number of phenols is 2. The number of fused-ring (bicyclic) bond motifs is 2. The summed E-state index contributed by atoms with van der Waals surface area (Å²) in [5.74, 6) is -8.14. The summed E-state index contributed by atoms with van der Waals surface area (Å²) < 4.78 is 27.9. The lowest BCUT2D eigenvalue weighted by atomic mass is 9.83. The summed E-state index contributed by atoms with van der Waals surface area (Å²) in [7, 11) is -4.61. The van der Waals surface area contributed by atoms with Gasteiger partial charge >= 0.3 is 11.9 Å². The van der Waals surface area contributed by atoms with Crippen molar-refractivity contribution in [2.75, 3.05) is 13.1 Å². The number of carbonyl (C=O) groups is 5. The van der Waals surface area contributed by atoms with E-state index in [1.165, 1.54) is 24.3 Å². The number of nitrogens with one attached hydrogen (secondary N) is 1.